The molecule has 0 aromatic heterocycles. The van der Waals surface area contributed by atoms with Gasteiger partial charge in [0.2, 0.25) is 11.7 Å². The second-order valence-corrected chi connectivity index (χ2v) is 6.70. The largest absolute Gasteiger partial charge is 0.348 e. The van der Waals surface area contributed by atoms with E-state index >= 15 is 0 Å². The van der Waals surface area contributed by atoms with Crippen LogP contribution in [0, 0.1) is 5.92 Å². The van der Waals surface area contributed by atoms with Crippen molar-refractivity contribution in [3.8, 4) is 0 Å². The third-order valence-electron chi connectivity index (χ3n) is 4.30. The van der Waals surface area contributed by atoms with Crippen molar-refractivity contribution < 1.29 is 14.4 Å². The van der Waals surface area contributed by atoms with Crippen molar-refractivity contribution in [2.75, 3.05) is 13.1 Å². The van der Waals surface area contributed by atoms with Gasteiger partial charge in [-0.05, 0) is 44.4 Å². The number of nitrogens with zero attached hydrogens (tertiary/aromatic N) is 1. The smallest absolute Gasteiger partial charge is 0.288 e. The summed E-state index contributed by atoms with van der Waals surface area (Å²) in [7, 11) is 0. The molecule has 2 rings (SSSR count). The molecule has 7 heteroatoms. The van der Waals surface area contributed by atoms with Crippen LogP contribution in [-0.4, -0.2) is 41.6 Å². The van der Waals surface area contributed by atoms with Crippen LogP contribution in [0.5, 0.6) is 0 Å². The van der Waals surface area contributed by atoms with Crippen LogP contribution in [-0.2, 0) is 20.8 Å². The SMILES string of the molecule is CCN(C(=O)C1CNC(=O)C1=O)C(C)CCc1ccc(Cl)c(Cl)c1. The number of amides is 2. The zero-order valence-electron chi connectivity index (χ0n) is 13.6. The van der Waals surface area contributed by atoms with Crippen LogP contribution in [0.15, 0.2) is 18.2 Å². The molecule has 2 atom stereocenters. The maximum Gasteiger partial charge on any atom is 0.288 e. The topological polar surface area (TPSA) is 66.5 Å². The Morgan fingerprint density at radius 3 is 2.58 bits per heavy atom. The van der Waals surface area contributed by atoms with Gasteiger partial charge in [0.05, 0.1) is 10.0 Å². The van der Waals surface area contributed by atoms with Crippen molar-refractivity contribution >= 4 is 40.8 Å². The van der Waals surface area contributed by atoms with E-state index in [4.69, 9.17) is 23.2 Å². The Kier molecular flexibility index (Phi) is 6.24. The average molecular weight is 371 g/mol. The zero-order valence-corrected chi connectivity index (χ0v) is 15.2. The first kappa shape index (κ1) is 18.7. The van der Waals surface area contributed by atoms with E-state index in [0.29, 0.717) is 16.6 Å². The van der Waals surface area contributed by atoms with Gasteiger partial charge in [0.25, 0.3) is 5.91 Å². The number of hydrogen-bond acceptors (Lipinski definition) is 3. The number of carbonyl (C=O) groups excluding carboxylic acids is 3. The molecule has 130 valence electrons. The normalized spacial score (nSPS) is 18.4. The number of nitrogens with one attached hydrogen (secondary N) is 1. The molecule has 1 aromatic rings. The van der Waals surface area contributed by atoms with E-state index in [1.54, 1.807) is 11.0 Å². The third-order valence-corrected chi connectivity index (χ3v) is 5.03. The lowest BCUT2D eigenvalue weighted by atomic mass is 10.0. The van der Waals surface area contributed by atoms with Crippen LogP contribution >= 0.6 is 23.2 Å². The number of halogens is 2. The van der Waals surface area contributed by atoms with E-state index in [9.17, 15) is 14.4 Å². The summed E-state index contributed by atoms with van der Waals surface area (Å²) in [6.45, 7) is 4.38. The van der Waals surface area contributed by atoms with Gasteiger partial charge in [0.15, 0.2) is 0 Å². The van der Waals surface area contributed by atoms with Crippen molar-refractivity contribution in [1.82, 2.24) is 10.2 Å². The molecule has 0 spiro atoms. The molecule has 0 radical (unpaired) electrons. The van der Waals surface area contributed by atoms with Crippen LogP contribution in [0.4, 0.5) is 0 Å². The Labute approximate surface area is 151 Å². The summed E-state index contributed by atoms with van der Waals surface area (Å²) in [4.78, 5) is 37.2. The van der Waals surface area contributed by atoms with E-state index in [1.165, 1.54) is 0 Å². The highest BCUT2D eigenvalue weighted by atomic mass is 35.5. The molecule has 1 aliphatic rings. The Bertz CT molecular complexity index is 663. The van der Waals surface area contributed by atoms with Gasteiger partial charge in [-0.25, -0.2) is 0 Å². The highest BCUT2D eigenvalue weighted by Gasteiger charge is 2.40. The monoisotopic (exact) mass is 370 g/mol. The maximum absolute atomic E-state index is 12.6. The Morgan fingerprint density at radius 2 is 2.04 bits per heavy atom. The van der Waals surface area contributed by atoms with Gasteiger partial charge in [0, 0.05) is 19.1 Å². The third kappa shape index (κ3) is 4.08. The Balaban J connectivity index is 1.99. The molecule has 1 aromatic carbocycles. The van der Waals surface area contributed by atoms with E-state index in [-0.39, 0.29) is 18.5 Å². The van der Waals surface area contributed by atoms with Gasteiger partial charge >= 0.3 is 0 Å². The van der Waals surface area contributed by atoms with Crippen molar-refractivity contribution in [2.24, 2.45) is 5.92 Å². The molecular weight excluding hydrogens is 351 g/mol. The van der Waals surface area contributed by atoms with E-state index < -0.39 is 17.6 Å². The van der Waals surface area contributed by atoms with Gasteiger partial charge in [-0.2, -0.15) is 0 Å². The summed E-state index contributed by atoms with van der Waals surface area (Å²) in [5.41, 5.74) is 1.04. The van der Waals surface area contributed by atoms with Crippen LogP contribution < -0.4 is 5.32 Å². The standard InChI is InChI=1S/C17H20Cl2N2O3/c1-3-21(17(24)12-9-20-16(23)15(12)22)10(2)4-5-11-6-7-13(18)14(19)8-11/h6-8,10,12H,3-5,9H2,1-2H3,(H,20,23). The maximum atomic E-state index is 12.6. The summed E-state index contributed by atoms with van der Waals surface area (Å²) >= 11 is 11.9. The lowest BCUT2D eigenvalue weighted by Gasteiger charge is -2.29. The van der Waals surface area contributed by atoms with Gasteiger partial charge in [-0.15, -0.1) is 0 Å². The highest BCUT2D eigenvalue weighted by Crippen LogP contribution is 2.24. The number of benzene rings is 1. The van der Waals surface area contributed by atoms with Crippen LogP contribution in [0.25, 0.3) is 0 Å². The molecule has 24 heavy (non-hydrogen) atoms. The average Bonchev–Trinajstić information content (AvgIpc) is 2.88. The molecule has 1 aliphatic heterocycles. The molecule has 1 heterocycles. The lowest BCUT2D eigenvalue weighted by Crippen LogP contribution is -2.44. The van der Waals surface area contributed by atoms with E-state index in [2.05, 4.69) is 5.32 Å². The number of Topliss-reactive ketones (excluding diaryl/α,β-unsaturated/α-hetero) is 1. The van der Waals surface area contributed by atoms with Crippen LogP contribution in [0.1, 0.15) is 25.8 Å². The first-order chi connectivity index (χ1) is 11.3. The molecule has 5 nitrogen and oxygen atoms in total. The molecule has 0 saturated carbocycles. The number of hydrogen-bond donors (Lipinski definition) is 1. The summed E-state index contributed by atoms with van der Waals surface area (Å²) in [5.74, 6) is -2.50. The molecule has 1 saturated heterocycles. The van der Waals surface area contributed by atoms with Gasteiger partial charge in [-0.3, -0.25) is 14.4 Å². The molecule has 0 aliphatic carbocycles. The minimum Gasteiger partial charge on any atom is -0.348 e. The molecular formula is C17H20Cl2N2O3. The van der Waals surface area contributed by atoms with Gasteiger partial charge < -0.3 is 10.2 Å². The first-order valence-corrected chi connectivity index (χ1v) is 8.67. The second-order valence-electron chi connectivity index (χ2n) is 5.89. The van der Waals surface area contributed by atoms with Crippen LogP contribution in [0.3, 0.4) is 0 Å². The number of ketones is 1. The summed E-state index contributed by atoms with van der Waals surface area (Å²) in [6, 6.07) is 5.42. The fraction of sp³-hybridized carbons (Fsp3) is 0.471. The lowest BCUT2D eigenvalue weighted by molar-refractivity contribution is -0.144. The van der Waals surface area contributed by atoms with Crippen molar-refractivity contribution in [3.63, 3.8) is 0 Å². The Morgan fingerprint density at radius 1 is 1.33 bits per heavy atom. The molecule has 2 amide bonds. The first-order valence-electron chi connectivity index (χ1n) is 7.91. The molecule has 0 bridgehead atoms. The fourth-order valence-corrected chi connectivity index (χ4v) is 3.16. The summed E-state index contributed by atoms with van der Waals surface area (Å²) in [5, 5.41) is 3.44. The molecule has 1 fully saturated rings. The quantitative estimate of drug-likeness (QED) is 0.617. The molecule has 1 N–H and O–H groups in total. The number of aryl methyl sites for hydroxylation is 1. The number of carbonyl (C=O) groups is 3. The molecule has 2 unspecified atom stereocenters. The van der Waals surface area contributed by atoms with Crippen molar-refractivity contribution in [3.05, 3.63) is 33.8 Å². The predicted molar refractivity (Wildman–Crippen MR) is 93.1 cm³/mol. The minimum absolute atomic E-state index is 0.0551. The fourth-order valence-electron chi connectivity index (χ4n) is 2.84. The summed E-state index contributed by atoms with van der Waals surface area (Å²) in [6.07, 6.45) is 1.46. The zero-order chi connectivity index (χ0) is 17.9. The Hall–Kier alpha value is -1.59. The number of rotatable bonds is 6. The second kappa shape index (κ2) is 7.99. The summed E-state index contributed by atoms with van der Waals surface area (Å²) < 4.78 is 0. The van der Waals surface area contributed by atoms with Gasteiger partial charge in [-0.1, -0.05) is 29.3 Å². The minimum atomic E-state index is -0.898. The van der Waals surface area contributed by atoms with Crippen molar-refractivity contribution in [2.45, 2.75) is 32.7 Å². The highest BCUT2D eigenvalue weighted by molar-refractivity contribution is 6.42. The van der Waals surface area contributed by atoms with Gasteiger partial charge in [0.1, 0.15) is 5.92 Å². The predicted octanol–water partition coefficient (Wildman–Crippen LogP) is 2.48. The van der Waals surface area contributed by atoms with Crippen molar-refractivity contribution in [1.29, 1.82) is 0 Å². The van der Waals surface area contributed by atoms with E-state index in [0.717, 1.165) is 18.4 Å². The van der Waals surface area contributed by atoms with Crippen LogP contribution in [0.2, 0.25) is 10.0 Å². The van der Waals surface area contributed by atoms with E-state index in [1.807, 2.05) is 26.0 Å².